The Balaban J connectivity index is 2.28. The molecule has 0 heterocycles. The molecule has 0 saturated heterocycles. The number of rotatable bonds is 6. The van der Waals surface area contributed by atoms with Crippen molar-refractivity contribution in [2.24, 2.45) is 0 Å². The molecule has 0 amide bonds. The molecule has 4 heteroatoms. The minimum Gasteiger partial charge on any atom is -0.313 e. The average Bonchev–Trinajstić information content (AvgIpc) is 2.23. The second kappa shape index (κ2) is 7.39. The molecular formula is C11H15Cl2NS. The van der Waals surface area contributed by atoms with Gasteiger partial charge >= 0.3 is 0 Å². The molecule has 1 aromatic carbocycles. The summed E-state index contributed by atoms with van der Waals surface area (Å²) in [5.41, 5.74) is 1.17. The van der Waals surface area contributed by atoms with Crippen molar-refractivity contribution in [2.75, 3.05) is 18.6 Å². The smallest absolute Gasteiger partial charge is 0.0595 e. The Kier molecular flexibility index (Phi) is 6.50. The normalized spacial score (nSPS) is 10.6. The first-order chi connectivity index (χ1) is 7.24. The molecule has 1 rings (SSSR count). The Labute approximate surface area is 106 Å². The lowest BCUT2D eigenvalue weighted by Crippen LogP contribution is -2.15. The number of thioether (sulfide) groups is 1. The molecule has 1 aromatic rings. The van der Waals surface area contributed by atoms with Crippen LogP contribution in [0, 0.1) is 0 Å². The number of benzene rings is 1. The molecule has 0 aliphatic rings. The molecule has 0 spiro atoms. The Morgan fingerprint density at radius 2 is 2.07 bits per heavy atom. The monoisotopic (exact) mass is 263 g/mol. The Hall–Kier alpha value is 0.110. The van der Waals surface area contributed by atoms with E-state index >= 15 is 0 Å². The van der Waals surface area contributed by atoms with E-state index in [-0.39, 0.29) is 0 Å². The molecule has 1 N–H and O–H groups in total. The van der Waals surface area contributed by atoms with Crippen molar-refractivity contribution in [3.8, 4) is 0 Å². The largest absolute Gasteiger partial charge is 0.313 e. The molecule has 0 aromatic heterocycles. The van der Waals surface area contributed by atoms with Gasteiger partial charge in [-0.3, -0.25) is 0 Å². The van der Waals surface area contributed by atoms with Gasteiger partial charge < -0.3 is 5.32 Å². The van der Waals surface area contributed by atoms with Crippen molar-refractivity contribution in [3.63, 3.8) is 0 Å². The summed E-state index contributed by atoms with van der Waals surface area (Å²) >= 11 is 13.6. The van der Waals surface area contributed by atoms with E-state index in [9.17, 15) is 0 Å². The molecular weight excluding hydrogens is 249 g/mol. The van der Waals surface area contributed by atoms with Crippen molar-refractivity contribution < 1.29 is 0 Å². The molecule has 0 saturated carbocycles. The van der Waals surface area contributed by atoms with Crippen molar-refractivity contribution in [3.05, 3.63) is 33.8 Å². The molecule has 0 radical (unpaired) electrons. The van der Waals surface area contributed by atoms with Gasteiger partial charge in [0.05, 0.1) is 10.0 Å². The summed E-state index contributed by atoms with van der Waals surface area (Å²) in [7, 11) is 0. The second-order valence-electron chi connectivity index (χ2n) is 3.27. The van der Waals surface area contributed by atoms with Crippen molar-refractivity contribution >= 4 is 35.0 Å². The van der Waals surface area contributed by atoms with Crippen molar-refractivity contribution in [2.45, 2.75) is 13.0 Å². The highest BCUT2D eigenvalue weighted by molar-refractivity contribution is 7.98. The maximum Gasteiger partial charge on any atom is 0.0595 e. The fourth-order valence-corrected chi connectivity index (χ4v) is 1.98. The highest BCUT2D eigenvalue weighted by Gasteiger charge is 1.98. The third-order valence-electron chi connectivity index (χ3n) is 2.02. The lowest BCUT2D eigenvalue weighted by molar-refractivity contribution is 0.679. The third-order valence-corrected chi connectivity index (χ3v) is 3.45. The van der Waals surface area contributed by atoms with Crippen LogP contribution >= 0.6 is 35.0 Å². The summed E-state index contributed by atoms with van der Waals surface area (Å²) in [5.74, 6) is 1.20. The summed E-state index contributed by atoms with van der Waals surface area (Å²) in [6.07, 6.45) is 3.32. The van der Waals surface area contributed by atoms with Gasteiger partial charge in [0.2, 0.25) is 0 Å². The predicted molar refractivity (Wildman–Crippen MR) is 71.2 cm³/mol. The lowest BCUT2D eigenvalue weighted by atomic mass is 10.2. The zero-order valence-corrected chi connectivity index (χ0v) is 11.1. The maximum absolute atomic E-state index is 5.91. The SMILES string of the molecule is CSCCCNCc1ccc(Cl)c(Cl)c1. The van der Waals surface area contributed by atoms with Gasteiger partial charge in [0.15, 0.2) is 0 Å². The second-order valence-corrected chi connectivity index (χ2v) is 5.07. The van der Waals surface area contributed by atoms with E-state index in [2.05, 4.69) is 11.6 Å². The standard InChI is InChI=1S/C11H15Cl2NS/c1-15-6-2-5-14-8-9-3-4-10(12)11(13)7-9/h3-4,7,14H,2,5-6,8H2,1H3. The Bertz CT molecular complexity index is 305. The van der Waals surface area contributed by atoms with Crippen LogP contribution in [0.2, 0.25) is 10.0 Å². The first-order valence-electron chi connectivity index (χ1n) is 4.87. The lowest BCUT2D eigenvalue weighted by Gasteiger charge is -2.05. The van der Waals surface area contributed by atoms with E-state index in [1.54, 1.807) is 0 Å². The van der Waals surface area contributed by atoms with Gasteiger partial charge in [0.25, 0.3) is 0 Å². The predicted octanol–water partition coefficient (Wildman–Crippen LogP) is 3.84. The van der Waals surface area contributed by atoms with Gasteiger partial charge in [0.1, 0.15) is 0 Å². The van der Waals surface area contributed by atoms with Gasteiger partial charge in [0, 0.05) is 6.54 Å². The summed E-state index contributed by atoms with van der Waals surface area (Å²) in [6, 6.07) is 5.74. The number of nitrogens with one attached hydrogen (secondary N) is 1. The van der Waals surface area contributed by atoms with Gasteiger partial charge in [-0.1, -0.05) is 29.3 Å². The zero-order chi connectivity index (χ0) is 11.1. The quantitative estimate of drug-likeness (QED) is 0.783. The summed E-state index contributed by atoms with van der Waals surface area (Å²) in [5, 5.41) is 4.61. The maximum atomic E-state index is 5.91. The van der Waals surface area contributed by atoms with Crippen LogP contribution in [0.1, 0.15) is 12.0 Å². The van der Waals surface area contributed by atoms with Gasteiger partial charge in [-0.15, -0.1) is 0 Å². The van der Waals surface area contributed by atoms with Crippen LogP contribution in [0.15, 0.2) is 18.2 Å². The van der Waals surface area contributed by atoms with E-state index in [1.807, 2.05) is 30.0 Å². The minimum atomic E-state index is 0.614. The highest BCUT2D eigenvalue weighted by atomic mass is 35.5. The molecule has 84 valence electrons. The number of hydrogen-bond donors (Lipinski definition) is 1. The van der Waals surface area contributed by atoms with E-state index in [1.165, 1.54) is 17.7 Å². The topological polar surface area (TPSA) is 12.0 Å². The van der Waals surface area contributed by atoms with Crippen LogP contribution in [0.4, 0.5) is 0 Å². The van der Waals surface area contributed by atoms with Crippen LogP contribution < -0.4 is 5.32 Å². The van der Waals surface area contributed by atoms with Crippen LogP contribution in [-0.2, 0) is 6.54 Å². The molecule has 0 aliphatic carbocycles. The third kappa shape index (κ3) is 5.12. The van der Waals surface area contributed by atoms with Gasteiger partial charge in [-0.25, -0.2) is 0 Å². The highest BCUT2D eigenvalue weighted by Crippen LogP contribution is 2.22. The Morgan fingerprint density at radius 1 is 1.27 bits per heavy atom. The van der Waals surface area contributed by atoms with E-state index in [4.69, 9.17) is 23.2 Å². The van der Waals surface area contributed by atoms with E-state index in [0.29, 0.717) is 10.0 Å². The fourth-order valence-electron chi connectivity index (χ4n) is 1.22. The van der Waals surface area contributed by atoms with E-state index in [0.717, 1.165) is 13.1 Å². The molecule has 0 bridgehead atoms. The van der Waals surface area contributed by atoms with Gasteiger partial charge in [-0.2, -0.15) is 11.8 Å². The zero-order valence-electron chi connectivity index (χ0n) is 8.72. The molecule has 0 unspecified atom stereocenters. The summed E-state index contributed by atoms with van der Waals surface area (Å²) in [6.45, 7) is 1.90. The van der Waals surface area contributed by atoms with Crippen LogP contribution in [0.3, 0.4) is 0 Å². The van der Waals surface area contributed by atoms with Crippen LogP contribution in [-0.4, -0.2) is 18.6 Å². The van der Waals surface area contributed by atoms with Gasteiger partial charge in [-0.05, 0) is 42.7 Å². The summed E-state index contributed by atoms with van der Waals surface area (Å²) in [4.78, 5) is 0. The molecule has 15 heavy (non-hydrogen) atoms. The van der Waals surface area contributed by atoms with Crippen LogP contribution in [0.25, 0.3) is 0 Å². The molecule has 0 fully saturated rings. The minimum absolute atomic E-state index is 0.614. The number of hydrogen-bond acceptors (Lipinski definition) is 2. The molecule has 1 nitrogen and oxygen atoms in total. The molecule has 0 atom stereocenters. The summed E-state index contributed by atoms with van der Waals surface area (Å²) < 4.78 is 0. The van der Waals surface area contributed by atoms with Crippen molar-refractivity contribution in [1.82, 2.24) is 5.32 Å². The molecule has 0 aliphatic heterocycles. The van der Waals surface area contributed by atoms with Crippen molar-refractivity contribution in [1.29, 1.82) is 0 Å². The number of halogens is 2. The fraction of sp³-hybridized carbons (Fsp3) is 0.455. The Morgan fingerprint density at radius 3 is 2.73 bits per heavy atom. The van der Waals surface area contributed by atoms with Crippen LogP contribution in [0.5, 0.6) is 0 Å². The average molecular weight is 264 g/mol. The first kappa shape index (κ1) is 13.2. The van der Waals surface area contributed by atoms with E-state index < -0.39 is 0 Å². The first-order valence-corrected chi connectivity index (χ1v) is 7.02.